The molecule has 0 radical (unpaired) electrons. The third kappa shape index (κ3) is 2.29. The topological polar surface area (TPSA) is 79.4 Å². The molecule has 20 heavy (non-hydrogen) atoms. The zero-order chi connectivity index (χ0) is 13.9. The molecule has 0 bridgehead atoms. The lowest BCUT2D eigenvalue weighted by Crippen LogP contribution is -2.02. The third-order valence-electron chi connectivity index (χ3n) is 3.05. The van der Waals surface area contributed by atoms with Gasteiger partial charge in [-0.15, -0.1) is 0 Å². The van der Waals surface area contributed by atoms with Crippen LogP contribution in [0.3, 0.4) is 0 Å². The summed E-state index contributed by atoms with van der Waals surface area (Å²) in [5.41, 5.74) is 3.52. The van der Waals surface area contributed by atoms with Crippen molar-refractivity contribution in [3.8, 4) is 6.07 Å². The first-order valence-corrected chi connectivity index (χ1v) is 6.12. The number of anilines is 1. The Hall–Kier alpha value is -2.94. The molecule has 0 aliphatic heterocycles. The lowest BCUT2D eigenvalue weighted by molar-refractivity contribution is 0.947. The second-order valence-corrected chi connectivity index (χ2v) is 4.43. The Balaban J connectivity index is 1.78. The molecule has 0 aliphatic rings. The van der Waals surface area contributed by atoms with E-state index in [0.29, 0.717) is 18.1 Å². The molecule has 1 N–H and O–H groups in total. The van der Waals surface area contributed by atoms with E-state index in [1.54, 1.807) is 12.4 Å². The van der Waals surface area contributed by atoms with Gasteiger partial charge in [-0.3, -0.25) is 0 Å². The Morgan fingerprint density at radius 1 is 1.25 bits per heavy atom. The van der Waals surface area contributed by atoms with Crippen LogP contribution in [0.2, 0.25) is 0 Å². The van der Waals surface area contributed by atoms with Crippen LogP contribution < -0.4 is 5.32 Å². The van der Waals surface area contributed by atoms with Crippen molar-refractivity contribution in [3.63, 3.8) is 0 Å². The van der Waals surface area contributed by atoms with Crippen LogP contribution in [0.4, 0.5) is 5.82 Å². The molecule has 0 atom stereocenters. The van der Waals surface area contributed by atoms with E-state index in [0.717, 1.165) is 16.6 Å². The molecule has 3 rings (SSSR count). The number of fused-ring (bicyclic) bond motifs is 1. The highest BCUT2D eigenvalue weighted by molar-refractivity contribution is 5.76. The van der Waals surface area contributed by atoms with E-state index in [2.05, 4.69) is 20.3 Å². The minimum absolute atomic E-state index is 0.350. The van der Waals surface area contributed by atoms with Gasteiger partial charge in [-0.25, -0.2) is 15.0 Å². The van der Waals surface area contributed by atoms with Crippen molar-refractivity contribution in [2.24, 2.45) is 7.05 Å². The molecule has 98 valence electrons. The van der Waals surface area contributed by atoms with Crippen LogP contribution in [0, 0.1) is 11.3 Å². The number of nitriles is 1. The van der Waals surface area contributed by atoms with Crippen LogP contribution >= 0.6 is 0 Å². The van der Waals surface area contributed by atoms with Gasteiger partial charge in [-0.1, -0.05) is 6.07 Å². The van der Waals surface area contributed by atoms with E-state index >= 15 is 0 Å². The molecule has 6 heteroatoms. The monoisotopic (exact) mass is 264 g/mol. The Kier molecular flexibility index (Phi) is 3.01. The summed E-state index contributed by atoms with van der Waals surface area (Å²) in [6.07, 6.45) is 3.17. The summed E-state index contributed by atoms with van der Waals surface area (Å²) in [5, 5.41) is 12.0. The Morgan fingerprint density at radius 3 is 3.00 bits per heavy atom. The van der Waals surface area contributed by atoms with Gasteiger partial charge in [0.1, 0.15) is 23.9 Å². The predicted molar refractivity (Wildman–Crippen MR) is 74.8 cm³/mol. The molecule has 1 aromatic carbocycles. The summed E-state index contributed by atoms with van der Waals surface area (Å²) in [5.74, 6) is 0.637. The van der Waals surface area contributed by atoms with Crippen molar-refractivity contribution >= 4 is 16.9 Å². The second-order valence-electron chi connectivity index (χ2n) is 4.43. The highest BCUT2D eigenvalue weighted by Crippen LogP contribution is 2.15. The molecule has 0 fully saturated rings. The minimum atomic E-state index is 0.350. The van der Waals surface area contributed by atoms with E-state index in [9.17, 15) is 0 Å². The predicted octanol–water partition coefficient (Wildman–Crippen LogP) is 1.85. The van der Waals surface area contributed by atoms with Gasteiger partial charge in [-0.05, 0) is 17.7 Å². The number of aryl methyl sites for hydroxylation is 1. The van der Waals surface area contributed by atoms with Crippen LogP contribution in [0.25, 0.3) is 11.0 Å². The Bertz CT molecular complexity index is 799. The molecule has 0 saturated carbocycles. The second kappa shape index (κ2) is 4.97. The molecule has 3 aromatic rings. The van der Waals surface area contributed by atoms with Crippen molar-refractivity contribution < 1.29 is 0 Å². The summed E-state index contributed by atoms with van der Waals surface area (Å²) < 4.78 is 1.98. The van der Waals surface area contributed by atoms with Gasteiger partial charge in [0, 0.05) is 19.7 Å². The fourth-order valence-corrected chi connectivity index (χ4v) is 2.00. The first-order chi connectivity index (χ1) is 9.76. The maximum absolute atomic E-state index is 8.79. The summed E-state index contributed by atoms with van der Waals surface area (Å²) in [4.78, 5) is 12.2. The maximum atomic E-state index is 8.79. The largest absolute Gasteiger partial charge is 0.366 e. The normalized spacial score (nSPS) is 10.4. The number of hydrogen-bond acceptors (Lipinski definition) is 5. The van der Waals surface area contributed by atoms with Gasteiger partial charge < -0.3 is 9.88 Å². The maximum Gasteiger partial charge on any atom is 0.145 e. The van der Waals surface area contributed by atoms with Gasteiger partial charge >= 0.3 is 0 Å². The van der Waals surface area contributed by atoms with Crippen molar-refractivity contribution in [1.29, 1.82) is 5.26 Å². The molecule has 2 heterocycles. The van der Waals surface area contributed by atoms with E-state index in [4.69, 9.17) is 5.26 Å². The molecule has 6 nitrogen and oxygen atoms in total. The molecule has 0 amide bonds. The van der Waals surface area contributed by atoms with Crippen molar-refractivity contribution in [3.05, 3.63) is 48.2 Å². The van der Waals surface area contributed by atoms with E-state index in [1.165, 1.54) is 6.33 Å². The number of rotatable bonds is 3. The Labute approximate surface area is 115 Å². The Morgan fingerprint density at radius 2 is 2.15 bits per heavy atom. The lowest BCUT2D eigenvalue weighted by atomic mass is 10.2. The van der Waals surface area contributed by atoms with Crippen LogP contribution in [0.5, 0.6) is 0 Å². The van der Waals surface area contributed by atoms with Crippen molar-refractivity contribution in [2.75, 3.05) is 5.32 Å². The quantitative estimate of drug-likeness (QED) is 0.781. The zero-order valence-electron chi connectivity index (χ0n) is 10.9. The van der Waals surface area contributed by atoms with Crippen LogP contribution in [0.15, 0.2) is 36.9 Å². The number of nitrogens with one attached hydrogen (secondary N) is 1. The zero-order valence-corrected chi connectivity index (χ0v) is 10.9. The minimum Gasteiger partial charge on any atom is -0.366 e. The van der Waals surface area contributed by atoms with Crippen molar-refractivity contribution in [2.45, 2.75) is 6.54 Å². The number of nitrogens with zero attached hydrogens (tertiary/aromatic N) is 5. The lowest BCUT2D eigenvalue weighted by Gasteiger charge is -2.05. The average molecular weight is 264 g/mol. The van der Waals surface area contributed by atoms with Gasteiger partial charge in [0.25, 0.3) is 0 Å². The molecule has 0 unspecified atom stereocenters. The van der Waals surface area contributed by atoms with Gasteiger partial charge in [-0.2, -0.15) is 5.26 Å². The molecular weight excluding hydrogens is 252 g/mol. The first kappa shape index (κ1) is 12.1. The first-order valence-electron chi connectivity index (χ1n) is 6.12. The number of hydrogen-bond donors (Lipinski definition) is 1. The van der Waals surface area contributed by atoms with Crippen molar-refractivity contribution in [1.82, 2.24) is 19.5 Å². The van der Waals surface area contributed by atoms with Gasteiger partial charge in [0.15, 0.2) is 0 Å². The summed E-state index contributed by atoms with van der Waals surface area (Å²) in [7, 11) is 1.97. The number of benzene rings is 1. The SMILES string of the molecule is Cn1cnc2cc(CNc3cc(C#N)ncn3)ccc21. The highest BCUT2D eigenvalue weighted by atomic mass is 15.0. The summed E-state index contributed by atoms with van der Waals surface area (Å²) >= 11 is 0. The molecule has 0 spiro atoms. The van der Waals surface area contributed by atoms with E-state index in [1.807, 2.05) is 35.9 Å². The van der Waals surface area contributed by atoms with Crippen LogP contribution in [-0.2, 0) is 13.6 Å². The molecule has 0 aliphatic carbocycles. The molecule has 2 aromatic heterocycles. The number of aromatic nitrogens is 4. The van der Waals surface area contributed by atoms with Crippen LogP contribution in [-0.4, -0.2) is 19.5 Å². The van der Waals surface area contributed by atoms with Gasteiger partial charge in [0.05, 0.1) is 17.4 Å². The van der Waals surface area contributed by atoms with E-state index < -0.39 is 0 Å². The molecule has 0 saturated heterocycles. The summed E-state index contributed by atoms with van der Waals surface area (Å²) in [6, 6.07) is 9.74. The highest BCUT2D eigenvalue weighted by Gasteiger charge is 2.02. The van der Waals surface area contributed by atoms with Crippen LogP contribution in [0.1, 0.15) is 11.3 Å². The fraction of sp³-hybridized carbons (Fsp3) is 0.143. The van der Waals surface area contributed by atoms with E-state index in [-0.39, 0.29) is 0 Å². The van der Waals surface area contributed by atoms with Gasteiger partial charge in [0.2, 0.25) is 0 Å². The molecular formula is C14H12N6. The summed E-state index contributed by atoms with van der Waals surface area (Å²) in [6.45, 7) is 0.619. The third-order valence-corrected chi connectivity index (χ3v) is 3.05. The fourth-order valence-electron chi connectivity index (χ4n) is 2.00. The number of imidazole rings is 1. The standard InChI is InChI=1S/C14H12N6/c1-20-9-19-12-4-10(2-3-13(12)20)7-16-14-5-11(6-15)17-8-18-14/h2-5,8-9H,7H2,1H3,(H,16,17,18). The smallest absolute Gasteiger partial charge is 0.145 e. The average Bonchev–Trinajstić information content (AvgIpc) is 2.86.